The third-order valence-corrected chi connectivity index (χ3v) is 3.34. The van der Waals surface area contributed by atoms with Crippen molar-refractivity contribution in [1.29, 1.82) is 0 Å². The van der Waals surface area contributed by atoms with Gasteiger partial charge in [-0.1, -0.05) is 45.4 Å². The van der Waals surface area contributed by atoms with Crippen molar-refractivity contribution in [3.8, 4) is 0 Å². The van der Waals surface area contributed by atoms with Crippen LogP contribution in [0.2, 0.25) is 0 Å². The minimum atomic E-state index is -1.00. The summed E-state index contributed by atoms with van der Waals surface area (Å²) >= 11 is 0. The van der Waals surface area contributed by atoms with Gasteiger partial charge in [-0.05, 0) is 27.2 Å². The summed E-state index contributed by atoms with van der Waals surface area (Å²) in [5, 5.41) is 19.7. The molecule has 1 unspecified atom stereocenters. The van der Waals surface area contributed by atoms with E-state index in [1.54, 1.807) is 20.8 Å². The summed E-state index contributed by atoms with van der Waals surface area (Å²) < 4.78 is 0. The molecule has 0 radical (unpaired) electrons. The molecule has 0 aromatic rings. The fourth-order valence-corrected chi connectivity index (χ4v) is 1.56. The highest BCUT2D eigenvalue weighted by atomic mass is 16.3. The summed E-state index contributed by atoms with van der Waals surface area (Å²) in [5.41, 5.74) is -1.96. The van der Waals surface area contributed by atoms with E-state index in [4.69, 9.17) is 0 Å². The highest BCUT2D eigenvalue weighted by molar-refractivity contribution is 4.89. The Hall–Kier alpha value is -0.0800. The zero-order chi connectivity index (χ0) is 11.9. The smallest absolute Gasteiger partial charge is 0.0900 e. The average molecular weight is 216 g/mol. The fraction of sp³-hybridized carbons (Fsp3) is 1.00. The van der Waals surface area contributed by atoms with Gasteiger partial charge in [-0.2, -0.15) is 0 Å². The topological polar surface area (TPSA) is 40.5 Å². The van der Waals surface area contributed by atoms with Gasteiger partial charge in [0.05, 0.1) is 11.2 Å². The Kier molecular flexibility index (Phi) is 6.46. The molecule has 0 aliphatic carbocycles. The molecule has 1 atom stereocenters. The number of rotatable bonds is 8. The van der Waals surface area contributed by atoms with Gasteiger partial charge in [0.25, 0.3) is 0 Å². The normalized spacial score (nSPS) is 16.4. The molecule has 0 aromatic heterocycles. The van der Waals surface area contributed by atoms with Crippen LogP contribution in [-0.4, -0.2) is 21.4 Å². The van der Waals surface area contributed by atoms with E-state index in [1.807, 2.05) is 0 Å². The molecule has 0 aliphatic heterocycles. The summed E-state index contributed by atoms with van der Waals surface area (Å²) in [6.45, 7) is 7.27. The molecular formula is C13H28O2. The van der Waals surface area contributed by atoms with E-state index < -0.39 is 11.2 Å². The average Bonchev–Trinajstić information content (AvgIpc) is 2.09. The minimum absolute atomic E-state index is 0.683. The number of hydrogen-bond donors (Lipinski definition) is 2. The maximum atomic E-state index is 10.0. The van der Waals surface area contributed by atoms with Gasteiger partial charge in [-0.3, -0.25) is 0 Å². The maximum absolute atomic E-state index is 10.0. The Balaban J connectivity index is 3.58. The van der Waals surface area contributed by atoms with Crippen molar-refractivity contribution in [1.82, 2.24) is 0 Å². The SMILES string of the molecule is CCCCCCCCC(C)(O)C(C)(C)O. The first-order valence-electron chi connectivity index (χ1n) is 6.26. The highest BCUT2D eigenvalue weighted by Crippen LogP contribution is 2.27. The van der Waals surface area contributed by atoms with Crippen LogP contribution in [0.5, 0.6) is 0 Å². The first-order valence-corrected chi connectivity index (χ1v) is 6.26. The van der Waals surface area contributed by atoms with Crippen LogP contribution in [0.1, 0.15) is 72.6 Å². The van der Waals surface area contributed by atoms with Crippen molar-refractivity contribution >= 4 is 0 Å². The quantitative estimate of drug-likeness (QED) is 0.611. The monoisotopic (exact) mass is 216 g/mol. The molecule has 0 saturated heterocycles. The summed E-state index contributed by atoms with van der Waals surface area (Å²) in [7, 11) is 0. The fourth-order valence-electron chi connectivity index (χ4n) is 1.56. The second kappa shape index (κ2) is 6.49. The van der Waals surface area contributed by atoms with E-state index in [9.17, 15) is 10.2 Å². The molecule has 0 amide bonds. The zero-order valence-corrected chi connectivity index (χ0v) is 10.8. The molecule has 0 aliphatic rings. The Morgan fingerprint density at radius 1 is 0.800 bits per heavy atom. The van der Waals surface area contributed by atoms with Crippen molar-refractivity contribution in [3.63, 3.8) is 0 Å². The second-order valence-corrected chi connectivity index (χ2v) is 5.35. The van der Waals surface area contributed by atoms with Crippen molar-refractivity contribution in [2.75, 3.05) is 0 Å². The molecular weight excluding hydrogens is 188 g/mol. The molecule has 2 nitrogen and oxygen atoms in total. The van der Waals surface area contributed by atoms with Gasteiger partial charge in [0.15, 0.2) is 0 Å². The maximum Gasteiger partial charge on any atom is 0.0900 e. The van der Waals surface area contributed by atoms with Gasteiger partial charge >= 0.3 is 0 Å². The molecule has 0 aromatic carbocycles. The number of unbranched alkanes of at least 4 members (excludes halogenated alkanes) is 5. The van der Waals surface area contributed by atoms with Crippen LogP contribution < -0.4 is 0 Å². The molecule has 0 bridgehead atoms. The van der Waals surface area contributed by atoms with E-state index in [0.29, 0.717) is 6.42 Å². The van der Waals surface area contributed by atoms with Gasteiger partial charge in [-0.25, -0.2) is 0 Å². The lowest BCUT2D eigenvalue weighted by Gasteiger charge is -2.35. The van der Waals surface area contributed by atoms with Gasteiger partial charge in [0.1, 0.15) is 0 Å². The molecule has 0 fully saturated rings. The molecule has 15 heavy (non-hydrogen) atoms. The van der Waals surface area contributed by atoms with Gasteiger partial charge in [0.2, 0.25) is 0 Å². The molecule has 0 heterocycles. The van der Waals surface area contributed by atoms with Crippen LogP contribution in [0.25, 0.3) is 0 Å². The van der Waals surface area contributed by atoms with E-state index in [0.717, 1.165) is 12.8 Å². The zero-order valence-electron chi connectivity index (χ0n) is 10.8. The second-order valence-electron chi connectivity index (χ2n) is 5.35. The van der Waals surface area contributed by atoms with Crippen LogP contribution in [0, 0.1) is 0 Å². The third-order valence-electron chi connectivity index (χ3n) is 3.34. The van der Waals surface area contributed by atoms with Crippen molar-refractivity contribution < 1.29 is 10.2 Å². The predicted octanol–water partition coefficient (Wildman–Crippen LogP) is 3.26. The van der Waals surface area contributed by atoms with E-state index in [1.165, 1.54) is 25.7 Å². The van der Waals surface area contributed by atoms with Crippen LogP contribution >= 0.6 is 0 Å². The first kappa shape index (κ1) is 14.9. The van der Waals surface area contributed by atoms with Crippen LogP contribution in [-0.2, 0) is 0 Å². The third kappa shape index (κ3) is 6.16. The molecule has 2 N–H and O–H groups in total. The Morgan fingerprint density at radius 3 is 1.73 bits per heavy atom. The van der Waals surface area contributed by atoms with E-state index >= 15 is 0 Å². The largest absolute Gasteiger partial charge is 0.387 e. The van der Waals surface area contributed by atoms with Gasteiger partial charge in [-0.15, -0.1) is 0 Å². The lowest BCUT2D eigenvalue weighted by Crippen LogP contribution is -2.47. The molecule has 0 saturated carbocycles. The van der Waals surface area contributed by atoms with Gasteiger partial charge in [0, 0.05) is 0 Å². The summed E-state index contributed by atoms with van der Waals surface area (Å²) in [6, 6.07) is 0. The minimum Gasteiger partial charge on any atom is -0.387 e. The van der Waals surface area contributed by atoms with E-state index in [2.05, 4.69) is 6.92 Å². The molecule has 0 rings (SSSR count). The Bertz CT molecular complexity index is 156. The standard InChI is InChI=1S/C13H28O2/c1-5-6-7-8-9-10-11-13(4,15)12(2,3)14/h14-15H,5-11H2,1-4H3. The Labute approximate surface area is 94.7 Å². The molecule has 2 heteroatoms. The lowest BCUT2D eigenvalue weighted by molar-refractivity contribution is -0.124. The number of aliphatic hydroxyl groups is 2. The Morgan fingerprint density at radius 2 is 1.27 bits per heavy atom. The van der Waals surface area contributed by atoms with Crippen LogP contribution in [0.3, 0.4) is 0 Å². The van der Waals surface area contributed by atoms with Crippen LogP contribution in [0.4, 0.5) is 0 Å². The lowest BCUT2D eigenvalue weighted by atomic mass is 9.83. The predicted molar refractivity (Wildman–Crippen MR) is 64.9 cm³/mol. The van der Waals surface area contributed by atoms with Crippen LogP contribution in [0.15, 0.2) is 0 Å². The number of hydrogen-bond acceptors (Lipinski definition) is 2. The van der Waals surface area contributed by atoms with Crippen molar-refractivity contribution in [3.05, 3.63) is 0 Å². The van der Waals surface area contributed by atoms with Crippen molar-refractivity contribution in [2.45, 2.75) is 83.8 Å². The summed E-state index contributed by atoms with van der Waals surface area (Å²) in [6.07, 6.45) is 7.95. The molecule has 92 valence electrons. The van der Waals surface area contributed by atoms with Gasteiger partial charge < -0.3 is 10.2 Å². The first-order chi connectivity index (χ1) is 6.81. The van der Waals surface area contributed by atoms with Crippen molar-refractivity contribution in [2.24, 2.45) is 0 Å². The highest BCUT2D eigenvalue weighted by Gasteiger charge is 2.36. The van der Waals surface area contributed by atoms with E-state index in [-0.39, 0.29) is 0 Å². The summed E-state index contributed by atoms with van der Waals surface area (Å²) in [4.78, 5) is 0. The molecule has 0 spiro atoms. The summed E-state index contributed by atoms with van der Waals surface area (Å²) in [5.74, 6) is 0.